The minimum atomic E-state index is -0.131. The number of amides is 2. The summed E-state index contributed by atoms with van der Waals surface area (Å²) in [5.41, 5.74) is 1.96. The number of para-hydroxylation sites is 1. The number of hydrogen-bond acceptors (Lipinski definition) is 2. The van der Waals surface area contributed by atoms with Crippen molar-refractivity contribution < 1.29 is 9.53 Å². The summed E-state index contributed by atoms with van der Waals surface area (Å²) in [6.07, 6.45) is 4.05. The summed E-state index contributed by atoms with van der Waals surface area (Å²) in [6.45, 7) is 2.01. The number of urea groups is 1. The summed E-state index contributed by atoms with van der Waals surface area (Å²) in [5, 5.41) is 5.97. The fourth-order valence-electron chi connectivity index (χ4n) is 3.09. The average Bonchev–Trinajstić information content (AvgIpc) is 2.57. The third kappa shape index (κ3) is 4.75. The van der Waals surface area contributed by atoms with Crippen LogP contribution < -0.4 is 15.4 Å². The first kappa shape index (κ1) is 16.4. The quantitative estimate of drug-likeness (QED) is 0.869. The Morgan fingerprint density at radius 1 is 1.00 bits per heavy atom. The van der Waals surface area contributed by atoms with E-state index >= 15 is 0 Å². The molecule has 0 aromatic heterocycles. The number of aryl methyl sites for hydroxylation is 1. The van der Waals surface area contributed by atoms with Crippen LogP contribution in [0.25, 0.3) is 0 Å². The molecule has 1 aliphatic carbocycles. The van der Waals surface area contributed by atoms with Crippen LogP contribution in [0.15, 0.2) is 54.6 Å². The van der Waals surface area contributed by atoms with Crippen molar-refractivity contribution in [1.29, 1.82) is 0 Å². The zero-order valence-electron chi connectivity index (χ0n) is 14.0. The van der Waals surface area contributed by atoms with Gasteiger partial charge in [0.15, 0.2) is 0 Å². The van der Waals surface area contributed by atoms with Crippen molar-refractivity contribution in [2.45, 2.75) is 44.8 Å². The van der Waals surface area contributed by atoms with Gasteiger partial charge < -0.3 is 15.4 Å². The molecule has 4 heteroatoms. The largest absolute Gasteiger partial charge is 0.490 e. The first-order chi connectivity index (χ1) is 11.7. The standard InChI is InChI=1S/C20H24N2O2/c1-15-6-5-7-17(14-15)22-20(23)21-16-10-12-19(13-11-16)24-18-8-3-2-4-9-18/h2-9,14,16,19H,10-13H2,1H3,(H2,21,22,23). The minimum absolute atomic E-state index is 0.131. The lowest BCUT2D eigenvalue weighted by molar-refractivity contribution is 0.141. The molecule has 1 fully saturated rings. The van der Waals surface area contributed by atoms with Gasteiger partial charge in [-0.15, -0.1) is 0 Å². The SMILES string of the molecule is Cc1cccc(NC(=O)NC2CCC(Oc3ccccc3)CC2)c1. The van der Waals surface area contributed by atoms with Gasteiger partial charge in [-0.1, -0.05) is 30.3 Å². The molecule has 4 nitrogen and oxygen atoms in total. The molecule has 0 radical (unpaired) electrons. The third-order valence-electron chi connectivity index (χ3n) is 4.33. The van der Waals surface area contributed by atoms with Crippen molar-refractivity contribution in [3.05, 3.63) is 60.2 Å². The molecule has 126 valence electrons. The number of carbonyl (C=O) groups is 1. The van der Waals surface area contributed by atoms with Crippen LogP contribution in [-0.4, -0.2) is 18.2 Å². The highest BCUT2D eigenvalue weighted by atomic mass is 16.5. The Morgan fingerprint density at radius 3 is 2.46 bits per heavy atom. The predicted molar refractivity (Wildman–Crippen MR) is 96.4 cm³/mol. The first-order valence-corrected chi connectivity index (χ1v) is 8.55. The van der Waals surface area contributed by atoms with E-state index in [-0.39, 0.29) is 18.2 Å². The van der Waals surface area contributed by atoms with Crippen LogP contribution in [0.1, 0.15) is 31.2 Å². The van der Waals surface area contributed by atoms with Crippen molar-refractivity contribution >= 4 is 11.7 Å². The molecule has 0 unspecified atom stereocenters. The van der Waals surface area contributed by atoms with Crippen molar-refractivity contribution in [2.24, 2.45) is 0 Å². The van der Waals surface area contributed by atoms with E-state index in [1.54, 1.807) is 0 Å². The monoisotopic (exact) mass is 324 g/mol. The highest BCUT2D eigenvalue weighted by molar-refractivity contribution is 5.89. The molecule has 0 aliphatic heterocycles. The number of rotatable bonds is 4. The van der Waals surface area contributed by atoms with Crippen molar-refractivity contribution in [3.8, 4) is 5.75 Å². The molecule has 1 aliphatic rings. The van der Waals surface area contributed by atoms with E-state index in [1.165, 1.54) is 0 Å². The van der Waals surface area contributed by atoms with Gasteiger partial charge in [0, 0.05) is 11.7 Å². The fourth-order valence-corrected chi connectivity index (χ4v) is 3.09. The molecule has 3 rings (SSSR count). The molecule has 0 saturated heterocycles. The van der Waals surface area contributed by atoms with Gasteiger partial charge in [0.25, 0.3) is 0 Å². The van der Waals surface area contributed by atoms with Crippen LogP contribution in [0.4, 0.5) is 10.5 Å². The summed E-state index contributed by atoms with van der Waals surface area (Å²) in [4.78, 5) is 12.1. The number of benzene rings is 2. The molecule has 1 saturated carbocycles. The maximum Gasteiger partial charge on any atom is 0.319 e. The Hall–Kier alpha value is -2.49. The van der Waals surface area contributed by atoms with Crippen LogP contribution in [-0.2, 0) is 0 Å². The Morgan fingerprint density at radius 2 is 1.75 bits per heavy atom. The van der Waals surface area contributed by atoms with Crippen molar-refractivity contribution in [3.63, 3.8) is 0 Å². The predicted octanol–water partition coefficient (Wildman–Crippen LogP) is 4.51. The molecule has 0 heterocycles. The van der Waals surface area contributed by atoms with E-state index in [4.69, 9.17) is 4.74 Å². The highest BCUT2D eigenvalue weighted by Gasteiger charge is 2.23. The second-order valence-corrected chi connectivity index (χ2v) is 6.37. The van der Waals surface area contributed by atoms with E-state index in [2.05, 4.69) is 10.6 Å². The summed E-state index contributed by atoms with van der Waals surface area (Å²) >= 11 is 0. The number of hydrogen-bond donors (Lipinski definition) is 2. The van der Waals surface area contributed by atoms with Crippen LogP contribution >= 0.6 is 0 Å². The lowest BCUT2D eigenvalue weighted by Crippen LogP contribution is -2.41. The van der Waals surface area contributed by atoms with E-state index in [0.29, 0.717) is 0 Å². The van der Waals surface area contributed by atoms with E-state index in [0.717, 1.165) is 42.7 Å². The first-order valence-electron chi connectivity index (χ1n) is 8.55. The Balaban J connectivity index is 1.42. The lowest BCUT2D eigenvalue weighted by Gasteiger charge is -2.29. The van der Waals surface area contributed by atoms with Crippen molar-refractivity contribution in [2.75, 3.05) is 5.32 Å². The van der Waals surface area contributed by atoms with Gasteiger partial charge in [-0.05, 0) is 62.4 Å². The van der Waals surface area contributed by atoms with E-state index < -0.39 is 0 Å². The molecule has 2 aromatic carbocycles. The number of anilines is 1. The van der Waals surface area contributed by atoms with Gasteiger partial charge in [-0.3, -0.25) is 0 Å². The van der Waals surface area contributed by atoms with Crippen molar-refractivity contribution in [1.82, 2.24) is 5.32 Å². The van der Waals surface area contributed by atoms with Gasteiger partial charge >= 0.3 is 6.03 Å². The van der Waals surface area contributed by atoms with Gasteiger partial charge in [0.1, 0.15) is 5.75 Å². The Labute approximate surface area is 143 Å². The Kier molecular flexibility index (Phi) is 5.36. The molecule has 0 atom stereocenters. The summed E-state index contributed by atoms with van der Waals surface area (Å²) in [7, 11) is 0. The van der Waals surface area contributed by atoms with Crippen LogP contribution in [0.2, 0.25) is 0 Å². The highest BCUT2D eigenvalue weighted by Crippen LogP contribution is 2.23. The number of ether oxygens (including phenoxy) is 1. The maximum absolute atomic E-state index is 12.1. The van der Waals surface area contributed by atoms with Gasteiger partial charge in [-0.25, -0.2) is 4.79 Å². The lowest BCUT2D eigenvalue weighted by atomic mass is 9.93. The number of carbonyl (C=O) groups excluding carboxylic acids is 1. The fraction of sp³-hybridized carbons (Fsp3) is 0.350. The van der Waals surface area contributed by atoms with E-state index in [9.17, 15) is 4.79 Å². The zero-order valence-corrected chi connectivity index (χ0v) is 14.0. The second kappa shape index (κ2) is 7.86. The maximum atomic E-state index is 12.1. The van der Waals surface area contributed by atoms with Crippen LogP contribution in [0, 0.1) is 6.92 Å². The normalized spacial score (nSPS) is 20.2. The summed E-state index contributed by atoms with van der Waals surface area (Å²) in [5.74, 6) is 0.922. The average molecular weight is 324 g/mol. The zero-order chi connectivity index (χ0) is 16.8. The van der Waals surface area contributed by atoms with Gasteiger partial charge in [-0.2, -0.15) is 0 Å². The van der Waals surface area contributed by atoms with E-state index in [1.807, 2.05) is 61.5 Å². The molecular formula is C20H24N2O2. The van der Waals surface area contributed by atoms with Crippen LogP contribution in [0.3, 0.4) is 0 Å². The minimum Gasteiger partial charge on any atom is -0.490 e. The topological polar surface area (TPSA) is 50.4 Å². The molecule has 0 bridgehead atoms. The van der Waals surface area contributed by atoms with Gasteiger partial charge in [0.2, 0.25) is 0 Å². The molecule has 0 spiro atoms. The number of nitrogens with one attached hydrogen (secondary N) is 2. The summed E-state index contributed by atoms with van der Waals surface area (Å²) in [6, 6.07) is 17.8. The molecule has 24 heavy (non-hydrogen) atoms. The van der Waals surface area contributed by atoms with Crippen LogP contribution in [0.5, 0.6) is 5.75 Å². The third-order valence-corrected chi connectivity index (χ3v) is 4.33. The molecular weight excluding hydrogens is 300 g/mol. The molecule has 2 amide bonds. The smallest absolute Gasteiger partial charge is 0.319 e. The summed E-state index contributed by atoms with van der Waals surface area (Å²) < 4.78 is 5.99. The Bertz CT molecular complexity index is 664. The molecule has 2 N–H and O–H groups in total. The second-order valence-electron chi connectivity index (χ2n) is 6.37. The van der Waals surface area contributed by atoms with Gasteiger partial charge in [0.05, 0.1) is 6.10 Å². The molecule has 2 aromatic rings.